The van der Waals surface area contributed by atoms with E-state index in [1.54, 1.807) is 27.7 Å². The maximum absolute atomic E-state index is 11.0. The number of aliphatic carboxylic acids is 1. The second-order valence-electron chi connectivity index (χ2n) is 3.50. The second kappa shape index (κ2) is 4.25. The summed E-state index contributed by atoms with van der Waals surface area (Å²) in [6.45, 7) is 7.32. The molecule has 0 saturated heterocycles. The first-order valence-corrected chi connectivity index (χ1v) is 4.36. The molecule has 0 heterocycles. The van der Waals surface area contributed by atoms with Crippen LogP contribution in [0.2, 0.25) is 0 Å². The zero-order valence-electron chi connectivity index (χ0n) is 8.57. The number of hydrogen-bond acceptors (Lipinski definition) is 2. The summed E-state index contributed by atoms with van der Waals surface area (Å²) in [5, 5.41) is 9.04. The van der Waals surface area contributed by atoms with Crippen molar-refractivity contribution < 1.29 is 14.7 Å². The monoisotopic (exact) mass is 187 g/mol. The summed E-state index contributed by atoms with van der Waals surface area (Å²) in [7, 11) is 0. The smallest absolute Gasteiger partial charge is 0.329 e. The minimum absolute atomic E-state index is 0.116. The largest absolute Gasteiger partial charge is 0.479 e. The van der Waals surface area contributed by atoms with Gasteiger partial charge in [0.25, 0.3) is 0 Å². The van der Waals surface area contributed by atoms with E-state index < -0.39 is 11.5 Å². The molecule has 76 valence electrons. The Kier molecular flexibility index (Phi) is 3.91. The van der Waals surface area contributed by atoms with Gasteiger partial charge in [-0.1, -0.05) is 13.8 Å². The Balaban J connectivity index is 4.97. The lowest BCUT2D eigenvalue weighted by molar-refractivity contribution is -0.157. The molecule has 0 spiro atoms. The van der Waals surface area contributed by atoms with Gasteiger partial charge in [-0.25, -0.2) is 4.79 Å². The van der Waals surface area contributed by atoms with Crippen LogP contribution in [0, 0.1) is 5.92 Å². The fourth-order valence-corrected chi connectivity index (χ4v) is 1.21. The summed E-state index contributed by atoms with van der Waals surface area (Å²) in [6.07, 6.45) is 0.591. The van der Waals surface area contributed by atoms with Gasteiger partial charge in [-0.3, -0.25) is 4.79 Å². The molecule has 13 heavy (non-hydrogen) atoms. The standard InChI is InChI=1S/C9H17NO3/c1-5-10(6-11)9(4,7(2)3)8(12)13/h6-7H,5H2,1-4H3,(H,12,13). The van der Waals surface area contributed by atoms with Gasteiger partial charge in [-0.05, 0) is 19.8 Å². The molecule has 0 saturated carbocycles. The number of rotatable bonds is 5. The molecule has 0 aliphatic rings. The topological polar surface area (TPSA) is 57.6 Å². The van der Waals surface area contributed by atoms with Crippen LogP contribution in [0.4, 0.5) is 0 Å². The number of carbonyl (C=O) groups is 2. The Bertz CT molecular complexity index is 203. The van der Waals surface area contributed by atoms with Crippen LogP contribution in [-0.2, 0) is 9.59 Å². The number of carboxylic acids is 1. The fourth-order valence-electron chi connectivity index (χ4n) is 1.21. The summed E-state index contributed by atoms with van der Waals surface area (Å²) in [5.41, 5.74) is -1.10. The average molecular weight is 187 g/mol. The average Bonchev–Trinajstić information content (AvgIpc) is 2.05. The second-order valence-corrected chi connectivity index (χ2v) is 3.50. The summed E-state index contributed by atoms with van der Waals surface area (Å²) < 4.78 is 0. The van der Waals surface area contributed by atoms with Crippen molar-refractivity contribution in [3.63, 3.8) is 0 Å². The molecule has 0 aliphatic carbocycles. The van der Waals surface area contributed by atoms with Crippen LogP contribution in [0.15, 0.2) is 0 Å². The van der Waals surface area contributed by atoms with Crippen LogP contribution in [0.3, 0.4) is 0 Å². The molecular formula is C9H17NO3. The maximum Gasteiger partial charge on any atom is 0.329 e. The molecule has 0 aliphatic heterocycles. The number of nitrogens with zero attached hydrogens (tertiary/aromatic N) is 1. The third kappa shape index (κ3) is 1.99. The Morgan fingerprint density at radius 1 is 1.62 bits per heavy atom. The highest BCUT2D eigenvalue weighted by Crippen LogP contribution is 2.23. The zero-order valence-corrected chi connectivity index (χ0v) is 8.57. The predicted octanol–water partition coefficient (Wildman–Crippen LogP) is 0.964. The molecule has 0 aromatic carbocycles. The summed E-state index contributed by atoms with van der Waals surface area (Å²) in [4.78, 5) is 23.0. The molecule has 0 fully saturated rings. The Morgan fingerprint density at radius 3 is 2.15 bits per heavy atom. The van der Waals surface area contributed by atoms with Gasteiger partial charge in [0, 0.05) is 6.54 Å². The third-order valence-corrected chi connectivity index (χ3v) is 2.62. The van der Waals surface area contributed by atoms with E-state index in [1.165, 1.54) is 4.90 Å². The minimum Gasteiger partial charge on any atom is -0.479 e. The zero-order chi connectivity index (χ0) is 10.6. The number of carboxylic acid groups (broad SMARTS) is 1. The van der Waals surface area contributed by atoms with E-state index in [1.807, 2.05) is 0 Å². The molecule has 0 rings (SSSR count). The third-order valence-electron chi connectivity index (χ3n) is 2.62. The van der Waals surface area contributed by atoms with Crippen LogP contribution < -0.4 is 0 Å². The highest BCUT2D eigenvalue weighted by Gasteiger charge is 2.41. The van der Waals surface area contributed by atoms with Crippen molar-refractivity contribution in [3.05, 3.63) is 0 Å². The van der Waals surface area contributed by atoms with Crippen molar-refractivity contribution in [1.29, 1.82) is 0 Å². The van der Waals surface area contributed by atoms with Crippen LogP contribution in [-0.4, -0.2) is 34.5 Å². The van der Waals surface area contributed by atoms with Crippen LogP contribution in [0.1, 0.15) is 27.7 Å². The van der Waals surface area contributed by atoms with E-state index in [0.29, 0.717) is 13.0 Å². The first-order valence-electron chi connectivity index (χ1n) is 4.36. The van der Waals surface area contributed by atoms with Gasteiger partial charge >= 0.3 is 5.97 Å². The summed E-state index contributed by atoms with van der Waals surface area (Å²) in [5.74, 6) is -1.08. The van der Waals surface area contributed by atoms with Crippen LogP contribution in [0.25, 0.3) is 0 Å². The first kappa shape index (κ1) is 11.9. The van der Waals surface area contributed by atoms with Crippen molar-refractivity contribution in [3.8, 4) is 0 Å². The number of likely N-dealkylation sites (N-methyl/N-ethyl adjacent to an activating group) is 1. The predicted molar refractivity (Wildman–Crippen MR) is 49.3 cm³/mol. The molecule has 4 heteroatoms. The lowest BCUT2D eigenvalue weighted by Crippen LogP contribution is -2.55. The molecule has 0 radical (unpaired) electrons. The van der Waals surface area contributed by atoms with E-state index in [0.717, 1.165) is 0 Å². The molecule has 1 unspecified atom stereocenters. The van der Waals surface area contributed by atoms with Crippen LogP contribution in [0.5, 0.6) is 0 Å². The maximum atomic E-state index is 11.0. The van der Waals surface area contributed by atoms with Crippen molar-refractivity contribution in [1.82, 2.24) is 4.90 Å². The highest BCUT2D eigenvalue weighted by atomic mass is 16.4. The molecule has 1 N–H and O–H groups in total. The fraction of sp³-hybridized carbons (Fsp3) is 0.778. The van der Waals surface area contributed by atoms with Crippen LogP contribution >= 0.6 is 0 Å². The molecule has 0 bridgehead atoms. The van der Waals surface area contributed by atoms with Crippen molar-refractivity contribution >= 4 is 12.4 Å². The van der Waals surface area contributed by atoms with E-state index >= 15 is 0 Å². The van der Waals surface area contributed by atoms with E-state index in [4.69, 9.17) is 5.11 Å². The Morgan fingerprint density at radius 2 is 2.08 bits per heavy atom. The van der Waals surface area contributed by atoms with Gasteiger partial charge in [-0.2, -0.15) is 0 Å². The molecule has 0 aromatic heterocycles. The first-order chi connectivity index (χ1) is 5.91. The van der Waals surface area contributed by atoms with Gasteiger partial charge in [0.05, 0.1) is 0 Å². The minimum atomic E-state index is -1.10. The molecule has 1 amide bonds. The van der Waals surface area contributed by atoms with Gasteiger partial charge in [0.2, 0.25) is 6.41 Å². The van der Waals surface area contributed by atoms with E-state index in [9.17, 15) is 9.59 Å². The Hall–Kier alpha value is -1.06. The number of hydrogen-bond donors (Lipinski definition) is 1. The summed E-state index contributed by atoms with van der Waals surface area (Å²) in [6, 6.07) is 0. The van der Waals surface area contributed by atoms with Crippen molar-refractivity contribution in [2.45, 2.75) is 33.2 Å². The lowest BCUT2D eigenvalue weighted by atomic mass is 9.87. The number of amides is 1. The molecule has 0 aromatic rings. The lowest BCUT2D eigenvalue weighted by Gasteiger charge is -2.37. The molecular weight excluding hydrogens is 170 g/mol. The molecule has 1 atom stereocenters. The van der Waals surface area contributed by atoms with Gasteiger partial charge in [0.15, 0.2) is 0 Å². The number of carbonyl (C=O) groups excluding carboxylic acids is 1. The normalized spacial score (nSPS) is 15.2. The van der Waals surface area contributed by atoms with E-state index in [-0.39, 0.29) is 5.92 Å². The van der Waals surface area contributed by atoms with Crippen molar-refractivity contribution in [2.24, 2.45) is 5.92 Å². The summed E-state index contributed by atoms with van der Waals surface area (Å²) >= 11 is 0. The van der Waals surface area contributed by atoms with Gasteiger partial charge < -0.3 is 10.0 Å². The van der Waals surface area contributed by atoms with Gasteiger partial charge in [0.1, 0.15) is 5.54 Å². The SMILES string of the molecule is CCN(C=O)C(C)(C(=O)O)C(C)C. The molecule has 4 nitrogen and oxygen atoms in total. The van der Waals surface area contributed by atoms with Gasteiger partial charge in [-0.15, -0.1) is 0 Å². The van der Waals surface area contributed by atoms with Crippen molar-refractivity contribution in [2.75, 3.05) is 6.54 Å². The Labute approximate surface area is 78.5 Å². The van der Waals surface area contributed by atoms with E-state index in [2.05, 4.69) is 0 Å². The highest BCUT2D eigenvalue weighted by molar-refractivity contribution is 5.81. The quantitative estimate of drug-likeness (QED) is 0.652.